The van der Waals surface area contributed by atoms with E-state index < -0.39 is 0 Å². The Balaban J connectivity index is 2.14. The number of aryl methyl sites for hydroxylation is 1. The predicted molar refractivity (Wildman–Crippen MR) is 60.2 cm³/mol. The summed E-state index contributed by atoms with van der Waals surface area (Å²) in [7, 11) is 0. The van der Waals surface area contributed by atoms with Crippen LogP contribution in [-0.2, 0) is 4.84 Å². The maximum absolute atomic E-state index is 5.80. The monoisotopic (exact) mass is 206 g/mol. The Morgan fingerprint density at radius 3 is 2.67 bits per heavy atom. The Bertz CT molecular complexity index is 304. The molecule has 3 heteroatoms. The molecule has 1 saturated heterocycles. The van der Waals surface area contributed by atoms with Gasteiger partial charge in [-0.05, 0) is 18.9 Å². The summed E-state index contributed by atoms with van der Waals surface area (Å²) in [6.07, 6.45) is 1.10. The third kappa shape index (κ3) is 2.37. The molecule has 1 unspecified atom stereocenters. The van der Waals surface area contributed by atoms with Crippen LogP contribution in [0.25, 0.3) is 0 Å². The van der Waals surface area contributed by atoms with Crippen LogP contribution in [-0.4, -0.2) is 24.8 Å². The molecular formula is C12H18N2O. The Hall–Kier alpha value is -0.900. The first-order valence-electron chi connectivity index (χ1n) is 5.47. The largest absolute Gasteiger partial charge is 0.329 e. The van der Waals surface area contributed by atoms with E-state index in [9.17, 15) is 0 Å². The van der Waals surface area contributed by atoms with Gasteiger partial charge < -0.3 is 5.73 Å². The second-order valence-corrected chi connectivity index (χ2v) is 3.99. The van der Waals surface area contributed by atoms with Gasteiger partial charge in [0.25, 0.3) is 0 Å². The Labute approximate surface area is 90.8 Å². The SMILES string of the molecule is Cc1ccc(C(CN)N2CCCO2)cc1. The fraction of sp³-hybridized carbons (Fsp3) is 0.500. The summed E-state index contributed by atoms with van der Waals surface area (Å²) < 4.78 is 0. The minimum absolute atomic E-state index is 0.202. The van der Waals surface area contributed by atoms with Crippen molar-refractivity contribution in [3.05, 3.63) is 35.4 Å². The van der Waals surface area contributed by atoms with Gasteiger partial charge in [0.2, 0.25) is 0 Å². The quantitative estimate of drug-likeness (QED) is 0.817. The van der Waals surface area contributed by atoms with Crippen molar-refractivity contribution in [2.75, 3.05) is 19.7 Å². The maximum Gasteiger partial charge on any atom is 0.0724 e. The molecule has 2 N–H and O–H groups in total. The molecule has 1 atom stereocenters. The van der Waals surface area contributed by atoms with Crippen LogP contribution in [0.4, 0.5) is 0 Å². The first-order chi connectivity index (χ1) is 7.31. The zero-order chi connectivity index (χ0) is 10.7. The highest BCUT2D eigenvalue weighted by atomic mass is 16.7. The van der Waals surface area contributed by atoms with E-state index in [0.717, 1.165) is 19.6 Å². The van der Waals surface area contributed by atoms with E-state index in [2.05, 4.69) is 31.2 Å². The molecule has 0 amide bonds. The average molecular weight is 206 g/mol. The number of hydroxylamine groups is 2. The number of nitrogens with two attached hydrogens (primary N) is 1. The van der Waals surface area contributed by atoms with Gasteiger partial charge in [-0.2, -0.15) is 5.06 Å². The summed E-state index contributed by atoms with van der Waals surface area (Å²) in [5.74, 6) is 0. The molecule has 1 aliphatic rings. The molecule has 1 aromatic carbocycles. The van der Waals surface area contributed by atoms with Gasteiger partial charge in [0, 0.05) is 13.1 Å². The van der Waals surface area contributed by atoms with Gasteiger partial charge in [-0.3, -0.25) is 4.84 Å². The number of nitrogens with zero attached hydrogens (tertiary/aromatic N) is 1. The van der Waals surface area contributed by atoms with Gasteiger partial charge in [0.1, 0.15) is 0 Å². The van der Waals surface area contributed by atoms with E-state index in [1.807, 2.05) is 5.06 Å². The second kappa shape index (κ2) is 4.75. The smallest absolute Gasteiger partial charge is 0.0724 e. The lowest BCUT2D eigenvalue weighted by atomic mass is 10.1. The molecule has 1 aromatic rings. The van der Waals surface area contributed by atoms with Crippen molar-refractivity contribution in [1.82, 2.24) is 5.06 Å². The third-order valence-electron chi connectivity index (χ3n) is 2.81. The van der Waals surface area contributed by atoms with Crippen molar-refractivity contribution in [2.24, 2.45) is 5.73 Å². The van der Waals surface area contributed by atoms with E-state index in [-0.39, 0.29) is 6.04 Å². The van der Waals surface area contributed by atoms with Crippen molar-refractivity contribution in [3.63, 3.8) is 0 Å². The van der Waals surface area contributed by atoms with Crippen molar-refractivity contribution in [2.45, 2.75) is 19.4 Å². The molecule has 3 nitrogen and oxygen atoms in total. The van der Waals surface area contributed by atoms with Crippen LogP contribution in [0.15, 0.2) is 24.3 Å². The fourth-order valence-electron chi connectivity index (χ4n) is 1.92. The average Bonchev–Trinajstić information content (AvgIpc) is 2.75. The highest BCUT2D eigenvalue weighted by Gasteiger charge is 2.23. The molecule has 0 aliphatic carbocycles. The Kier molecular flexibility index (Phi) is 3.36. The zero-order valence-electron chi connectivity index (χ0n) is 9.15. The molecule has 0 aromatic heterocycles. The number of hydrogen-bond acceptors (Lipinski definition) is 3. The van der Waals surface area contributed by atoms with Crippen molar-refractivity contribution in [1.29, 1.82) is 0 Å². The molecule has 2 rings (SSSR count). The van der Waals surface area contributed by atoms with Gasteiger partial charge in [-0.1, -0.05) is 29.8 Å². The topological polar surface area (TPSA) is 38.5 Å². The lowest BCUT2D eigenvalue weighted by molar-refractivity contribution is -0.140. The van der Waals surface area contributed by atoms with Crippen molar-refractivity contribution in [3.8, 4) is 0 Å². The molecule has 1 aliphatic heterocycles. The predicted octanol–water partition coefficient (Wildman–Crippen LogP) is 1.63. The van der Waals surface area contributed by atoms with Gasteiger partial charge in [0.15, 0.2) is 0 Å². The lowest BCUT2D eigenvalue weighted by Crippen LogP contribution is -2.30. The molecule has 0 bridgehead atoms. The van der Waals surface area contributed by atoms with E-state index >= 15 is 0 Å². The third-order valence-corrected chi connectivity index (χ3v) is 2.81. The minimum atomic E-state index is 0.202. The zero-order valence-corrected chi connectivity index (χ0v) is 9.15. The summed E-state index contributed by atoms with van der Waals surface area (Å²) in [4.78, 5) is 5.54. The van der Waals surface area contributed by atoms with Crippen LogP contribution in [0.2, 0.25) is 0 Å². The van der Waals surface area contributed by atoms with Crippen molar-refractivity contribution < 1.29 is 4.84 Å². The maximum atomic E-state index is 5.80. The fourth-order valence-corrected chi connectivity index (χ4v) is 1.92. The van der Waals surface area contributed by atoms with Crippen LogP contribution < -0.4 is 5.73 Å². The van der Waals surface area contributed by atoms with Gasteiger partial charge in [-0.15, -0.1) is 0 Å². The number of benzene rings is 1. The molecule has 1 fully saturated rings. The second-order valence-electron chi connectivity index (χ2n) is 3.99. The first-order valence-corrected chi connectivity index (χ1v) is 5.47. The first kappa shape index (κ1) is 10.6. The lowest BCUT2D eigenvalue weighted by Gasteiger charge is -2.25. The Morgan fingerprint density at radius 2 is 2.13 bits per heavy atom. The van der Waals surface area contributed by atoms with E-state index in [0.29, 0.717) is 6.54 Å². The van der Waals surface area contributed by atoms with Gasteiger partial charge >= 0.3 is 0 Å². The summed E-state index contributed by atoms with van der Waals surface area (Å²) in [5, 5.41) is 2.00. The Morgan fingerprint density at radius 1 is 1.40 bits per heavy atom. The van der Waals surface area contributed by atoms with Crippen LogP contribution in [0.3, 0.4) is 0 Å². The van der Waals surface area contributed by atoms with Crippen LogP contribution in [0, 0.1) is 6.92 Å². The number of hydrogen-bond donors (Lipinski definition) is 1. The highest BCUT2D eigenvalue weighted by Crippen LogP contribution is 2.23. The molecular weight excluding hydrogens is 188 g/mol. The van der Waals surface area contributed by atoms with Gasteiger partial charge in [-0.25, -0.2) is 0 Å². The normalized spacial score (nSPS) is 19.3. The summed E-state index contributed by atoms with van der Waals surface area (Å²) in [6, 6.07) is 8.71. The van der Waals surface area contributed by atoms with Crippen LogP contribution >= 0.6 is 0 Å². The van der Waals surface area contributed by atoms with E-state index in [1.165, 1.54) is 11.1 Å². The summed E-state index contributed by atoms with van der Waals surface area (Å²) >= 11 is 0. The molecule has 0 saturated carbocycles. The van der Waals surface area contributed by atoms with Crippen LogP contribution in [0.1, 0.15) is 23.6 Å². The van der Waals surface area contributed by atoms with E-state index in [4.69, 9.17) is 10.6 Å². The molecule has 0 spiro atoms. The number of rotatable bonds is 3. The standard InChI is InChI=1S/C12H18N2O/c1-10-3-5-11(6-4-10)12(9-13)14-7-2-8-15-14/h3-6,12H,2,7-9,13H2,1H3. The molecule has 15 heavy (non-hydrogen) atoms. The molecule has 0 radical (unpaired) electrons. The summed E-state index contributed by atoms with van der Waals surface area (Å²) in [6.45, 7) is 4.49. The molecule has 82 valence electrons. The minimum Gasteiger partial charge on any atom is -0.329 e. The van der Waals surface area contributed by atoms with Crippen LogP contribution in [0.5, 0.6) is 0 Å². The molecule has 1 heterocycles. The van der Waals surface area contributed by atoms with E-state index in [1.54, 1.807) is 0 Å². The van der Waals surface area contributed by atoms with Gasteiger partial charge in [0.05, 0.1) is 12.6 Å². The van der Waals surface area contributed by atoms with Crippen molar-refractivity contribution >= 4 is 0 Å². The summed E-state index contributed by atoms with van der Waals surface area (Å²) in [5.41, 5.74) is 8.32. The highest BCUT2D eigenvalue weighted by molar-refractivity contribution is 5.24.